The number of ether oxygens (including phenoxy) is 2. The Hall–Kier alpha value is -3.32. The third kappa shape index (κ3) is 5.29. The van der Waals surface area contributed by atoms with Crippen LogP contribution in [-0.2, 0) is 12.0 Å². The number of rotatable bonds is 8. The SMILES string of the molecule is CC(C)(c1ccc(OCc2ccnc(C#N)n2)cc1)c1cc(Cl)c(OCCCl)c(C#N)c1. The molecule has 0 aliphatic heterocycles. The fraction of sp³-hybridized carbons (Fsp3) is 0.250. The predicted molar refractivity (Wildman–Crippen MR) is 122 cm³/mol. The lowest BCUT2D eigenvalue weighted by Crippen LogP contribution is -2.19. The molecule has 1 aromatic heterocycles. The molecule has 0 radical (unpaired) electrons. The normalized spacial score (nSPS) is 10.8. The minimum absolute atomic E-state index is 0.109. The van der Waals surface area contributed by atoms with E-state index in [1.807, 2.05) is 36.4 Å². The Morgan fingerprint density at radius 1 is 1.00 bits per heavy atom. The molecule has 162 valence electrons. The summed E-state index contributed by atoms with van der Waals surface area (Å²) in [7, 11) is 0. The first-order valence-corrected chi connectivity index (χ1v) is 10.7. The highest BCUT2D eigenvalue weighted by atomic mass is 35.5. The lowest BCUT2D eigenvalue weighted by molar-refractivity contribution is 0.300. The topological polar surface area (TPSA) is 91.8 Å². The smallest absolute Gasteiger partial charge is 0.232 e. The average molecular weight is 467 g/mol. The summed E-state index contributed by atoms with van der Waals surface area (Å²) in [5.74, 6) is 1.43. The van der Waals surface area contributed by atoms with Crippen molar-refractivity contribution in [1.29, 1.82) is 10.5 Å². The summed E-state index contributed by atoms with van der Waals surface area (Å²) < 4.78 is 11.3. The minimum atomic E-state index is -0.423. The molecule has 0 atom stereocenters. The zero-order valence-electron chi connectivity index (χ0n) is 17.6. The number of alkyl halides is 1. The van der Waals surface area contributed by atoms with Crippen LogP contribution in [0.1, 0.15) is 42.1 Å². The third-order valence-electron chi connectivity index (χ3n) is 4.99. The van der Waals surface area contributed by atoms with Crippen LogP contribution in [0.25, 0.3) is 0 Å². The Morgan fingerprint density at radius 3 is 2.41 bits per heavy atom. The van der Waals surface area contributed by atoms with Gasteiger partial charge in [0, 0.05) is 11.6 Å². The van der Waals surface area contributed by atoms with E-state index in [9.17, 15) is 5.26 Å². The second kappa shape index (κ2) is 10.3. The molecule has 3 aromatic rings. The lowest BCUT2D eigenvalue weighted by atomic mass is 9.77. The van der Waals surface area contributed by atoms with Gasteiger partial charge in [-0.25, -0.2) is 9.97 Å². The van der Waals surface area contributed by atoms with Crippen molar-refractivity contribution in [3.8, 4) is 23.6 Å². The number of hydrogen-bond acceptors (Lipinski definition) is 6. The largest absolute Gasteiger partial charge is 0.489 e. The van der Waals surface area contributed by atoms with Gasteiger partial charge in [0.1, 0.15) is 31.1 Å². The van der Waals surface area contributed by atoms with Crippen LogP contribution in [0.4, 0.5) is 0 Å². The van der Waals surface area contributed by atoms with Gasteiger partial charge in [0.25, 0.3) is 0 Å². The van der Waals surface area contributed by atoms with Gasteiger partial charge < -0.3 is 9.47 Å². The monoisotopic (exact) mass is 466 g/mol. The summed E-state index contributed by atoms with van der Waals surface area (Å²) in [6.07, 6.45) is 1.53. The molecule has 0 saturated carbocycles. The molecule has 0 amide bonds. The second-order valence-corrected chi connectivity index (χ2v) is 8.19. The molecular weight excluding hydrogens is 447 g/mol. The molecule has 0 fully saturated rings. The minimum Gasteiger partial charge on any atom is -0.489 e. The molecule has 0 N–H and O–H groups in total. The first-order chi connectivity index (χ1) is 15.4. The molecule has 32 heavy (non-hydrogen) atoms. The van der Waals surface area contributed by atoms with Crippen LogP contribution in [0, 0.1) is 22.7 Å². The van der Waals surface area contributed by atoms with Gasteiger partial charge in [-0.2, -0.15) is 10.5 Å². The molecule has 0 aliphatic rings. The van der Waals surface area contributed by atoms with Crippen LogP contribution in [0.5, 0.6) is 11.5 Å². The molecule has 0 aliphatic carbocycles. The summed E-state index contributed by atoms with van der Waals surface area (Å²) in [5, 5.41) is 18.8. The van der Waals surface area contributed by atoms with Gasteiger partial charge in [-0.1, -0.05) is 37.6 Å². The molecular formula is C24H20Cl2N4O2. The third-order valence-corrected chi connectivity index (χ3v) is 5.42. The average Bonchev–Trinajstić information content (AvgIpc) is 2.81. The highest BCUT2D eigenvalue weighted by molar-refractivity contribution is 6.32. The van der Waals surface area contributed by atoms with Crippen molar-refractivity contribution in [2.45, 2.75) is 25.9 Å². The van der Waals surface area contributed by atoms with Crippen molar-refractivity contribution >= 4 is 23.2 Å². The van der Waals surface area contributed by atoms with E-state index in [-0.39, 0.29) is 19.0 Å². The maximum atomic E-state index is 9.56. The predicted octanol–water partition coefficient (Wildman–Crippen LogP) is 5.40. The molecule has 1 heterocycles. The number of nitrogens with zero attached hydrogens (tertiary/aromatic N) is 4. The van der Waals surface area contributed by atoms with Crippen molar-refractivity contribution in [1.82, 2.24) is 9.97 Å². The van der Waals surface area contributed by atoms with Crippen LogP contribution in [-0.4, -0.2) is 22.5 Å². The Balaban J connectivity index is 1.79. The summed E-state index contributed by atoms with van der Waals surface area (Å²) in [5.41, 5.74) is 2.47. The van der Waals surface area contributed by atoms with Crippen LogP contribution < -0.4 is 9.47 Å². The van der Waals surface area contributed by atoms with E-state index in [4.69, 9.17) is 37.9 Å². The first kappa shape index (κ1) is 23.3. The quantitative estimate of drug-likeness (QED) is 0.412. The molecule has 0 unspecified atom stereocenters. The van der Waals surface area contributed by atoms with E-state index in [1.54, 1.807) is 12.1 Å². The highest BCUT2D eigenvalue weighted by Crippen LogP contribution is 2.38. The van der Waals surface area contributed by atoms with Crippen molar-refractivity contribution in [3.63, 3.8) is 0 Å². The van der Waals surface area contributed by atoms with E-state index >= 15 is 0 Å². The van der Waals surface area contributed by atoms with E-state index in [0.29, 0.717) is 33.7 Å². The van der Waals surface area contributed by atoms with Crippen LogP contribution >= 0.6 is 23.2 Å². The number of halogens is 2. The van der Waals surface area contributed by atoms with Crippen molar-refractivity contribution in [2.75, 3.05) is 12.5 Å². The van der Waals surface area contributed by atoms with Crippen LogP contribution in [0.2, 0.25) is 5.02 Å². The second-order valence-electron chi connectivity index (χ2n) is 7.41. The Bertz CT molecular complexity index is 1180. The van der Waals surface area contributed by atoms with Gasteiger partial charge in [0.15, 0.2) is 5.75 Å². The van der Waals surface area contributed by atoms with E-state index in [0.717, 1.165) is 11.1 Å². The zero-order valence-corrected chi connectivity index (χ0v) is 19.1. The van der Waals surface area contributed by atoms with Crippen molar-refractivity contribution in [3.05, 3.63) is 81.9 Å². The van der Waals surface area contributed by atoms with Crippen LogP contribution in [0.15, 0.2) is 48.7 Å². The van der Waals surface area contributed by atoms with E-state index in [1.165, 1.54) is 6.20 Å². The molecule has 0 saturated heterocycles. The van der Waals surface area contributed by atoms with Crippen molar-refractivity contribution in [2.24, 2.45) is 0 Å². The molecule has 8 heteroatoms. The molecule has 0 bridgehead atoms. The number of aromatic nitrogens is 2. The van der Waals surface area contributed by atoms with Crippen LogP contribution in [0.3, 0.4) is 0 Å². The van der Waals surface area contributed by atoms with Gasteiger partial charge in [0.2, 0.25) is 5.82 Å². The number of nitriles is 2. The van der Waals surface area contributed by atoms with Gasteiger partial charge in [-0.3, -0.25) is 0 Å². The molecule has 0 spiro atoms. The Morgan fingerprint density at radius 2 is 1.75 bits per heavy atom. The summed E-state index contributed by atoms with van der Waals surface area (Å²) in [4.78, 5) is 7.95. The van der Waals surface area contributed by atoms with E-state index < -0.39 is 5.41 Å². The summed E-state index contributed by atoms with van der Waals surface area (Å²) >= 11 is 12.1. The molecule has 2 aromatic carbocycles. The van der Waals surface area contributed by atoms with Gasteiger partial charge >= 0.3 is 0 Å². The van der Waals surface area contributed by atoms with Gasteiger partial charge in [-0.15, -0.1) is 11.6 Å². The highest BCUT2D eigenvalue weighted by Gasteiger charge is 2.26. The number of benzene rings is 2. The first-order valence-electron chi connectivity index (χ1n) is 9.77. The lowest BCUT2D eigenvalue weighted by Gasteiger charge is -2.27. The van der Waals surface area contributed by atoms with Gasteiger partial charge in [0.05, 0.1) is 22.2 Å². The zero-order chi connectivity index (χ0) is 23.1. The summed E-state index contributed by atoms with van der Waals surface area (Å²) in [6, 6.07) is 17.1. The molecule has 6 nitrogen and oxygen atoms in total. The standard InChI is InChI=1S/C24H20Cl2N4O2/c1-24(2,18-11-16(13-27)23(21(26)12-18)31-10-8-25)17-3-5-20(6-4-17)32-15-19-7-9-29-22(14-28)30-19/h3-7,9,11-12H,8,10,15H2,1-2H3. The number of hydrogen-bond donors (Lipinski definition) is 0. The fourth-order valence-corrected chi connectivity index (χ4v) is 3.50. The molecule has 3 rings (SSSR count). The Kier molecular flexibility index (Phi) is 7.53. The maximum Gasteiger partial charge on any atom is 0.232 e. The van der Waals surface area contributed by atoms with Crippen molar-refractivity contribution < 1.29 is 9.47 Å². The van der Waals surface area contributed by atoms with E-state index in [2.05, 4.69) is 29.9 Å². The summed E-state index contributed by atoms with van der Waals surface area (Å²) in [6.45, 7) is 4.61. The van der Waals surface area contributed by atoms with Gasteiger partial charge in [-0.05, 0) is 41.5 Å². The maximum absolute atomic E-state index is 9.56. The fourth-order valence-electron chi connectivity index (χ4n) is 3.15. The Labute approximate surface area is 197 Å².